The van der Waals surface area contributed by atoms with Gasteiger partial charge in [-0.15, -0.1) is 0 Å². The molecule has 208 valence electrons. The highest BCUT2D eigenvalue weighted by Gasteiger charge is 2.39. The third-order valence-electron chi connectivity index (χ3n) is 8.93. The molecule has 4 N–H and O–H groups in total. The van der Waals surface area contributed by atoms with Gasteiger partial charge in [-0.2, -0.15) is 0 Å². The van der Waals surface area contributed by atoms with Crippen molar-refractivity contribution >= 4 is 22.8 Å². The maximum Gasteiger partial charge on any atom is 0.0827 e. The summed E-state index contributed by atoms with van der Waals surface area (Å²) in [5.74, 6) is 0.748. The molecule has 0 spiro atoms. The molecule has 2 aromatic carbocycles. The van der Waals surface area contributed by atoms with Gasteiger partial charge in [0, 0.05) is 11.4 Å². The molecule has 0 bridgehead atoms. The minimum Gasteiger partial charge on any atom is -0.411 e. The Morgan fingerprint density at radius 1 is 0.744 bits per heavy atom. The van der Waals surface area contributed by atoms with Crippen LogP contribution >= 0.6 is 0 Å². The summed E-state index contributed by atoms with van der Waals surface area (Å²) in [6.45, 7) is 16.5. The molecule has 2 aromatic rings. The summed E-state index contributed by atoms with van der Waals surface area (Å²) in [7, 11) is 0. The SMILES string of the molecule is C=C(C)[C@@H]1CC[C@](C)(Nc2ccc(Cc3ccc(N[C@@]4(C)CC[C@@H](C(=C)C)C/C4=N\O)cc3)cc2)/C(=N/O)C1. The van der Waals surface area contributed by atoms with Crippen LogP contribution in [0.4, 0.5) is 11.4 Å². The predicted molar refractivity (Wildman–Crippen MR) is 162 cm³/mol. The lowest BCUT2D eigenvalue weighted by atomic mass is 9.74. The first kappa shape index (κ1) is 28.5. The molecule has 2 saturated carbocycles. The van der Waals surface area contributed by atoms with Gasteiger partial charge in [-0.3, -0.25) is 0 Å². The molecule has 6 heteroatoms. The van der Waals surface area contributed by atoms with Crippen molar-refractivity contribution in [1.82, 2.24) is 0 Å². The lowest BCUT2D eigenvalue weighted by molar-refractivity contribution is 0.303. The van der Waals surface area contributed by atoms with Crippen LogP contribution in [0.3, 0.4) is 0 Å². The molecule has 4 atom stereocenters. The van der Waals surface area contributed by atoms with E-state index in [0.717, 1.165) is 78.9 Å². The first-order valence-corrected chi connectivity index (χ1v) is 14.0. The lowest BCUT2D eigenvalue weighted by Gasteiger charge is -2.39. The topological polar surface area (TPSA) is 89.2 Å². The number of rotatable bonds is 8. The molecule has 2 fully saturated rings. The molecule has 0 saturated heterocycles. The minimum atomic E-state index is -0.369. The van der Waals surface area contributed by atoms with E-state index in [4.69, 9.17) is 0 Å². The van der Waals surface area contributed by atoms with Crippen molar-refractivity contribution in [3.05, 3.63) is 84.0 Å². The number of nitrogens with zero attached hydrogens (tertiary/aromatic N) is 2. The van der Waals surface area contributed by atoms with E-state index < -0.39 is 0 Å². The number of benzene rings is 2. The van der Waals surface area contributed by atoms with Gasteiger partial charge in [0.2, 0.25) is 0 Å². The molecular weight excluding hydrogens is 484 g/mol. The fourth-order valence-corrected chi connectivity index (χ4v) is 6.03. The maximum absolute atomic E-state index is 9.69. The first-order valence-electron chi connectivity index (χ1n) is 14.0. The van der Waals surface area contributed by atoms with Crippen molar-refractivity contribution in [2.45, 2.75) is 83.7 Å². The zero-order valence-electron chi connectivity index (χ0n) is 23.9. The molecule has 0 heterocycles. The van der Waals surface area contributed by atoms with Crippen molar-refractivity contribution in [2.75, 3.05) is 10.6 Å². The Morgan fingerprint density at radius 3 is 1.41 bits per heavy atom. The molecule has 6 nitrogen and oxygen atoms in total. The van der Waals surface area contributed by atoms with E-state index in [0.29, 0.717) is 11.8 Å². The Balaban J connectivity index is 1.36. The third-order valence-corrected chi connectivity index (χ3v) is 8.93. The van der Waals surface area contributed by atoms with Crippen molar-refractivity contribution in [3.8, 4) is 0 Å². The van der Waals surface area contributed by atoms with E-state index in [1.54, 1.807) is 0 Å². The largest absolute Gasteiger partial charge is 0.411 e. The fraction of sp³-hybridized carbons (Fsp3) is 0.455. The molecule has 39 heavy (non-hydrogen) atoms. The highest BCUT2D eigenvalue weighted by atomic mass is 16.4. The molecular formula is C33H44N4O2. The van der Waals surface area contributed by atoms with E-state index in [1.165, 1.54) is 11.1 Å². The average molecular weight is 529 g/mol. The molecule has 0 radical (unpaired) electrons. The normalized spacial score (nSPS) is 29.2. The van der Waals surface area contributed by atoms with Gasteiger partial charge in [-0.05, 0) is 120 Å². The van der Waals surface area contributed by atoms with E-state index in [-0.39, 0.29) is 11.1 Å². The maximum atomic E-state index is 9.69. The average Bonchev–Trinajstić information content (AvgIpc) is 2.91. The van der Waals surface area contributed by atoms with Crippen LogP contribution in [0.5, 0.6) is 0 Å². The second kappa shape index (κ2) is 11.7. The molecule has 0 aliphatic heterocycles. The van der Waals surface area contributed by atoms with E-state index in [9.17, 15) is 10.4 Å². The van der Waals surface area contributed by atoms with Crippen LogP contribution in [0, 0.1) is 11.8 Å². The first-order chi connectivity index (χ1) is 18.5. The highest BCUT2D eigenvalue weighted by molar-refractivity contribution is 5.97. The summed E-state index contributed by atoms with van der Waals surface area (Å²) in [6.07, 6.45) is 6.16. The molecule has 2 aliphatic rings. The number of hydrogen-bond acceptors (Lipinski definition) is 6. The summed E-state index contributed by atoms with van der Waals surface area (Å²) >= 11 is 0. The monoisotopic (exact) mass is 528 g/mol. The molecule has 0 amide bonds. The van der Waals surface area contributed by atoms with Crippen LogP contribution in [-0.2, 0) is 6.42 Å². The van der Waals surface area contributed by atoms with Crippen LogP contribution in [0.2, 0.25) is 0 Å². The molecule has 2 aliphatic carbocycles. The molecule has 0 aromatic heterocycles. The Kier molecular flexibility index (Phi) is 8.53. The standard InChI is InChI=1S/C33H44N4O2/c1-22(2)26-15-17-32(5,30(20-26)36-38)34-28-11-7-24(8-12-28)19-25-9-13-29(14-10-25)35-33(6)18-16-27(23(3)4)21-31(33)37-39/h7-14,26-27,34-35,38-39H,1,3,15-21H2,2,4-6H3/b36-30+,37-31+/t26-,27-,32+,33+/m1/s1. The number of hydrogen-bond donors (Lipinski definition) is 4. The van der Waals surface area contributed by atoms with E-state index >= 15 is 0 Å². The Labute approximate surface area is 233 Å². The van der Waals surface area contributed by atoms with Gasteiger partial charge >= 0.3 is 0 Å². The quantitative estimate of drug-likeness (QED) is 0.159. The van der Waals surface area contributed by atoms with Crippen LogP contribution in [0.25, 0.3) is 0 Å². The van der Waals surface area contributed by atoms with Crippen LogP contribution in [-0.4, -0.2) is 32.9 Å². The molecule has 0 unspecified atom stereocenters. The van der Waals surface area contributed by atoms with Gasteiger partial charge < -0.3 is 21.0 Å². The zero-order chi connectivity index (χ0) is 28.2. The number of nitrogens with one attached hydrogen (secondary N) is 2. The second-order valence-corrected chi connectivity index (χ2v) is 12.2. The Morgan fingerprint density at radius 2 is 1.10 bits per heavy atom. The van der Waals surface area contributed by atoms with Crippen molar-refractivity contribution in [1.29, 1.82) is 0 Å². The summed E-state index contributed by atoms with van der Waals surface area (Å²) in [5.41, 5.74) is 7.63. The van der Waals surface area contributed by atoms with E-state index in [1.807, 2.05) is 0 Å². The third kappa shape index (κ3) is 6.55. The number of anilines is 2. The van der Waals surface area contributed by atoms with Gasteiger partial charge in [0.15, 0.2) is 0 Å². The van der Waals surface area contributed by atoms with Gasteiger partial charge in [0.1, 0.15) is 0 Å². The fourth-order valence-electron chi connectivity index (χ4n) is 6.03. The van der Waals surface area contributed by atoms with Gasteiger partial charge in [-0.25, -0.2) is 0 Å². The summed E-state index contributed by atoms with van der Waals surface area (Å²) in [5, 5.41) is 33.9. The van der Waals surface area contributed by atoms with E-state index in [2.05, 4.69) is 110 Å². The zero-order valence-corrected chi connectivity index (χ0v) is 23.9. The van der Waals surface area contributed by atoms with Gasteiger partial charge in [0.05, 0.1) is 22.5 Å². The van der Waals surface area contributed by atoms with Crippen LogP contribution in [0.1, 0.15) is 77.3 Å². The minimum absolute atomic E-state index is 0.369. The summed E-state index contributed by atoms with van der Waals surface area (Å²) in [4.78, 5) is 0. The summed E-state index contributed by atoms with van der Waals surface area (Å²) < 4.78 is 0. The van der Waals surface area contributed by atoms with Gasteiger partial charge in [-0.1, -0.05) is 58.9 Å². The van der Waals surface area contributed by atoms with Gasteiger partial charge in [0.25, 0.3) is 0 Å². The number of allylic oxidation sites excluding steroid dienone is 2. The summed E-state index contributed by atoms with van der Waals surface area (Å²) in [6, 6.07) is 17.0. The van der Waals surface area contributed by atoms with Crippen molar-refractivity contribution in [2.24, 2.45) is 22.1 Å². The van der Waals surface area contributed by atoms with Crippen molar-refractivity contribution < 1.29 is 10.4 Å². The van der Waals surface area contributed by atoms with Crippen LogP contribution in [0.15, 0.2) is 83.1 Å². The predicted octanol–water partition coefficient (Wildman–Crippen LogP) is 8.03. The lowest BCUT2D eigenvalue weighted by Crippen LogP contribution is -2.47. The second-order valence-electron chi connectivity index (χ2n) is 12.2. The molecule has 4 rings (SSSR count). The smallest absolute Gasteiger partial charge is 0.0827 e. The van der Waals surface area contributed by atoms with Crippen LogP contribution < -0.4 is 10.6 Å². The Bertz CT molecular complexity index is 1150. The number of oxime groups is 2. The highest BCUT2D eigenvalue weighted by Crippen LogP contribution is 2.37. The van der Waals surface area contributed by atoms with Crippen molar-refractivity contribution in [3.63, 3.8) is 0 Å². The Hall–Kier alpha value is -3.54.